The van der Waals surface area contributed by atoms with E-state index in [9.17, 15) is 0 Å². The minimum atomic E-state index is 0.553. The first-order valence-electron chi connectivity index (χ1n) is 7.04. The lowest BCUT2D eigenvalue weighted by molar-refractivity contribution is 0.111. The van der Waals surface area contributed by atoms with Crippen molar-refractivity contribution in [1.29, 1.82) is 0 Å². The molecule has 18 heavy (non-hydrogen) atoms. The molecule has 0 bridgehead atoms. The Kier molecular flexibility index (Phi) is 4.23. The lowest BCUT2D eigenvalue weighted by Crippen LogP contribution is -2.38. The molecular formula is C15H25N3. The van der Waals surface area contributed by atoms with Gasteiger partial charge in [0.1, 0.15) is 5.82 Å². The van der Waals surface area contributed by atoms with Crippen LogP contribution in [0.4, 0.5) is 5.82 Å². The van der Waals surface area contributed by atoms with Gasteiger partial charge in [0.2, 0.25) is 0 Å². The lowest BCUT2D eigenvalue weighted by Gasteiger charge is -2.39. The van der Waals surface area contributed by atoms with E-state index in [1.165, 1.54) is 37.1 Å². The summed E-state index contributed by atoms with van der Waals surface area (Å²) < 4.78 is 0. The number of hydrogen-bond donors (Lipinski definition) is 1. The van der Waals surface area contributed by atoms with Gasteiger partial charge in [-0.15, -0.1) is 0 Å². The number of anilines is 1. The van der Waals surface area contributed by atoms with Crippen LogP contribution in [-0.4, -0.2) is 29.5 Å². The number of piperidine rings is 1. The maximum Gasteiger partial charge on any atom is 0.125 e. The highest BCUT2D eigenvalue weighted by molar-refractivity contribution is 5.39. The molecule has 1 fully saturated rings. The summed E-state index contributed by atoms with van der Waals surface area (Å²) in [5, 5.41) is 3.11. The van der Waals surface area contributed by atoms with Crippen LogP contribution < -0.4 is 5.32 Å². The Morgan fingerprint density at radius 2 is 2.11 bits per heavy atom. The Morgan fingerprint density at radius 1 is 1.33 bits per heavy atom. The molecule has 0 spiro atoms. The van der Waals surface area contributed by atoms with E-state index in [1.807, 2.05) is 7.05 Å². The molecule has 1 aromatic rings. The third-order valence-corrected chi connectivity index (χ3v) is 3.95. The van der Waals surface area contributed by atoms with Gasteiger partial charge in [0.05, 0.1) is 0 Å². The van der Waals surface area contributed by atoms with Gasteiger partial charge in [-0.3, -0.25) is 4.90 Å². The van der Waals surface area contributed by atoms with E-state index in [2.05, 4.69) is 48.1 Å². The number of pyridine rings is 1. The molecule has 0 radical (unpaired) electrons. The molecule has 2 rings (SSSR count). The topological polar surface area (TPSA) is 28.2 Å². The summed E-state index contributed by atoms with van der Waals surface area (Å²) in [5.41, 5.74) is 2.57. The standard InChI is InChI=1S/C15H25N3/c1-11(2)18-10-6-5-7-14(18)13-8-9-15(16-4)17-12(13)3/h8-9,11,14H,5-7,10H2,1-4H3,(H,16,17)/t14-/m1/s1. The first kappa shape index (κ1) is 13.3. The van der Waals surface area contributed by atoms with Crippen LogP contribution in [0.5, 0.6) is 0 Å². The van der Waals surface area contributed by atoms with Gasteiger partial charge in [0.25, 0.3) is 0 Å². The minimum Gasteiger partial charge on any atom is -0.373 e. The first-order valence-corrected chi connectivity index (χ1v) is 7.04. The zero-order valence-corrected chi connectivity index (χ0v) is 12.0. The SMILES string of the molecule is CNc1ccc([C@H]2CCCCN2C(C)C)c(C)n1. The summed E-state index contributed by atoms with van der Waals surface area (Å²) in [7, 11) is 1.92. The Labute approximate surface area is 111 Å². The van der Waals surface area contributed by atoms with E-state index < -0.39 is 0 Å². The lowest BCUT2D eigenvalue weighted by atomic mass is 9.93. The van der Waals surface area contributed by atoms with Gasteiger partial charge >= 0.3 is 0 Å². The third kappa shape index (κ3) is 2.66. The van der Waals surface area contributed by atoms with Crippen LogP contribution in [0.1, 0.15) is 50.4 Å². The summed E-state index contributed by atoms with van der Waals surface area (Å²) in [6, 6.07) is 5.51. The quantitative estimate of drug-likeness (QED) is 0.887. The van der Waals surface area contributed by atoms with E-state index >= 15 is 0 Å². The number of rotatable bonds is 3. The van der Waals surface area contributed by atoms with Crippen LogP contribution in [0.3, 0.4) is 0 Å². The molecule has 100 valence electrons. The second-order valence-corrected chi connectivity index (χ2v) is 5.46. The van der Waals surface area contributed by atoms with E-state index in [4.69, 9.17) is 0 Å². The number of hydrogen-bond acceptors (Lipinski definition) is 3. The van der Waals surface area contributed by atoms with Gasteiger partial charge in [-0.2, -0.15) is 0 Å². The van der Waals surface area contributed by atoms with Crippen molar-refractivity contribution in [3.8, 4) is 0 Å². The molecule has 1 atom stereocenters. The summed E-state index contributed by atoms with van der Waals surface area (Å²) in [6.45, 7) is 7.94. The predicted octanol–water partition coefficient (Wildman–Crippen LogP) is 3.37. The zero-order valence-electron chi connectivity index (χ0n) is 12.0. The molecule has 0 saturated carbocycles. The molecule has 3 nitrogen and oxygen atoms in total. The highest BCUT2D eigenvalue weighted by Crippen LogP contribution is 2.33. The average molecular weight is 247 g/mol. The molecule has 1 aliphatic heterocycles. The van der Waals surface area contributed by atoms with Crippen molar-refractivity contribution in [2.45, 2.75) is 52.1 Å². The first-order chi connectivity index (χ1) is 8.63. The maximum atomic E-state index is 4.62. The van der Waals surface area contributed by atoms with Crippen LogP contribution in [0, 0.1) is 6.92 Å². The van der Waals surface area contributed by atoms with Crippen molar-refractivity contribution in [2.24, 2.45) is 0 Å². The molecule has 1 saturated heterocycles. The fourth-order valence-corrected chi connectivity index (χ4v) is 2.97. The van der Waals surface area contributed by atoms with Crippen LogP contribution >= 0.6 is 0 Å². The van der Waals surface area contributed by atoms with E-state index in [0.717, 1.165) is 5.82 Å². The average Bonchev–Trinajstić information content (AvgIpc) is 2.38. The predicted molar refractivity (Wildman–Crippen MR) is 77.0 cm³/mol. The molecule has 0 amide bonds. The fraction of sp³-hybridized carbons (Fsp3) is 0.667. The van der Waals surface area contributed by atoms with Crippen molar-refractivity contribution >= 4 is 5.82 Å². The highest BCUT2D eigenvalue weighted by atomic mass is 15.2. The Balaban J connectivity index is 2.28. The second kappa shape index (κ2) is 5.70. The van der Waals surface area contributed by atoms with Crippen LogP contribution in [0.2, 0.25) is 0 Å². The summed E-state index contributed by atoms with van der Waals surface area (Å²) >= 11 is 0. The molecule has 2 heterocycles. The van der Waals surface area contributed by atoms with Gasteiger partial charge in [0.15, 0.2) is 0 Å². The van der Waals surface area contributed by atoms with Crippen LogP contribution in [0.25, 0.3) is 0 Å². The van der Waals surface area contributed by atoms with Crippen LogP contribution in [-0.2, 0) is 0 Å². The zero-order chi connectivity index (χ0) is 13.1. The molecule has 3 heteroatoms. The number of nitrogens with zero attached hydrogens (tertiary/aromatic N) is 2. The second-order valence-electron chi connectivity index (χ2n) is 5.46. The largest absolute Gasteiger partial charge is 0.373 e. The number of likely N-dealkylation sites (tertiary alicyclic amines) is 1. The third-order valence-electron chi connectivity index (χ3n) is 3.95. The van der Waals surface area contributed by atoms with Crippen molar-refractivity contribution in [3.63, 3.8) is 0 Å². The summed E-state index contributed by atoms with van der Waals surface area (Å²) in [6.07, 6.45) is 3.93. The van der Waals surface area contributed by atoms with E-state index in [1.54, 1.807) is 0 Å². The van der Waals surface area contributed by atoms with E-state index in [-0.39, 0.29) is 0 Å². The van der Waals surface area contributed by atoms with Gasteiger partial charge in [-0.05, 0) is 51.8 Å². The Hall–Kier alpha value is -1.09. The van der Waals surface area contributed by atoms with Gasteiger partial charge in [-0.25, -0.2) is 4.98 Å². The fourth-order valence-electron chi connectivity index (χ4n) is 2.97. The molecule has 1 aliphatic rings. The van der Waals surface area contributed by atoms with Gasteiger partial charge in [-0.1, -0.05) is 12.5 Å². The maximum absolute atomic E-state index is 4.62. The number of aromatic nitrogens is 1. The normalized spacial score (nSPS) is 21.3. The summed E-state index contributed by atoms with van der Waals surface area (Å²) in [4.78, 5) is 7.24. The number of aryl methyl sites for hydroxylation is 1. The molecule has 0 aliphatic carbocycles. The van der Waals surface area contributed by atoms with Crippen molar-refractivity contribution in [2.75, 3.05) is 18.9 Å². The molecule has 1 aromatic heterocycles. The van der Waals surface area contributed by atoms with Gasteiger partial charge < -0.3 is 5.32 Å². The molecule has 0 aromatic carbocycles. The van der Waals surface area contributed by atoms with Crippen molar-refractivity contribution < 1.29 is 0 Å². The van der Waals surface area contributed by atoms with Crippen LogP contribution in [0.15, 0.2) is 12.1 Å². The number of nitrogens with one attached hydrogen (secondary N) is 1. The summed E-state index contributed by atoms with van der Waals surface area (Å²) in [5.74, 6) is 0.961. The monoisotopic (exact) mass is 247 g/mol. The minimum absolute atomic E-state index is 0.553. The molecule has 0 unspecified atom stereocenters. The molecular weight excluding hydrogens is 222 g/mol. The Bertz CT molecular complexity index is 401. The Morgan fingerprint density at radius 3 is 2.72 bits per heavy atom. The van der Waals surface area contributed by atoms with Crippen molar-refractivity contribution in [3.05, 3.63) is 23.4 Å². The van der Waals surface area contributed by atoms with Crippen molar-refractivity contribution in [1.82, 2.24) is 9.88 Å². The van der Waals surface area contributed by atoms with E-state index in [0.29, 0.717) is 12.1 Å². The highest BCUT2D eigenvalue weighted by Gasteiger charge is 2.27. The van der Waals surface area contributed by atoms with Gasteiger partial charge in [0, 0.05) is 24.8 Å². The smallest absolute Gasteiger partial charge is 0.125 e. The molecule has 1 N–H and O–H groups in total.